The molecule has 1 aromatic heterocycles. The molecule has 0 saturated heterocycles. The average Bonchev–Trinajstić information content (AvgIpc) is 2.60. The van der Waals surface area contributed by atoms with Gasteiger partial charge in [-0.2, -0.15) is 0 Å². The number of rotatable bonds is 4. The number of thiazole rings is 1. The largest absolute Gasteiger partial charge is 0.494 e. The Balaban J connectivity index is 2.38. The molecule has 1 aromatic carbocycles. The Morgan fingerprint density at radius 1 is 1.60 bits per heavy atom. The molecule has 2 rings (SSSR count). The van der Waals surface area contributed by atoms with Gasteiger partial charge in [-0.1, -0.05) is 11.3 Å². The lowest BCUT2D eigenvalue weighted by molar-refractivity contribution is 0.341. The molecule has 0 radical (unpaired) electrons. The van der Waals surface area contributed by atoms with Gasteiger partial charge >= 0.3 is 0 Å². The molecule has 0 bridgehead atoms. The highest BCUT2D eigenvalue weighted by Crippen LogP contribution is 2.29. The van der Waals surface area contributed by atoms with Crippen LogP contribution in [0.2, 0.25) is 0 Å². The van der Waals surface area contributed by atoms with Gasteiger partial charge in [0, 0.05) is 0 Å². The zero-order valence-electron chi connectivity index (χ0n) is 8.06. The molecule has 6 heteroatoms. The number of hydrogen-bond donors (Lipinski definition) is 1. The first-order chi connectivity index (χ1) is 7.33. The number of anilines is 1. The minimum absolute atomic E-state index is 0.494. The van der Waals surface area contributed by atoms with Gasteiger partial charge < -0.3 is 4.74 Å². The summed E-state index contributed by atoms with van der Waals surface area (Å²) in [6.45, 7) is 2.56. The summed E-state index contributed by atoms with van der Waals surface area (Å²) in [5, 5.41) is 3.07. The number of nitrogens with one attached hydrogen (secondary N) is 1. The molecular formula is C9H9N3O2S. The Kier molecular flexibility index (Phi) is 2.77. The molecule has 1 N–H and O–H groups in total. The van der Waals surface area contributed by atoms with E-state index in [1.807, 2.05) is 25.1 Å². The second-order valence-electron chi connectivity index (χ2n) is 2.78. The average molecular weight is 223 g/mol. The van der Waals surface area contributed by atoms with Crippen molar-refractivity contribution >= 4 is 26.7 Å². The third-order valence-electron chi connectivity index (χ3n) is 1.81. The van der Waals surface area contributed by atoms with Crippen LogP contribution in [-0.2, 0) is 0 Å². The third-order valence-corrected chi connectivity index (χ3v) is 2.74. The molecule has 0 amide bonds. The molecule has 0 aliphatic heterocycles. The maximum absolute atomic E-state index is 10.0. The minimum atomic E-state index is 0.494. The molecule has 0 atom stereocenters. The normalized spacial score (nSPS) is 10.2. The topological polar surface area (TPSA) is 63.6 Å². The predicted molar refractivity (Wildman–Crippen MR) is 60.2 cm³/mol. The van der Waals surface area contributed by atoms with Crippen molar-refractivity contribution in [2.45, 2.75) is 6.92 Å². The summed E-state index contributed by atoms with van der Waals surface area (Å²) < 4.78 is 6.32. The lowest BCUT2D eigenvalue weighted by Gasteiger charge is -2.00. The number of benzene rings is 1. The molecule has 0 spiro atoms. The Morgan fingerprint density at radius 3 is 3.20 bits per heavy atom. The molecule has 0 aliphatic rings. The predicted octanol–water partition coefficient (Wildman–Crippen LogP) is 2.79. The second kappa shape index (κ2) is 4.22. The van der Waals surface area contributed by atoms with Crippen LogP contribution in [-0.4, -0.2) is 11.6 Å². The lowest BCUT2D eigenvalue weighted by atomic mass is 10.3. The first kappa shape index (κ1) is 9.85. The molecular weight excluding hydrogens is 214 g/mol. The smallest absolute Gasteiger partial charge is 0.207 e. The van der Waals surface area contributed by atoms with Crippen molar-refractivity contribution in [2.24, 2.45) is 5.29 Å². The van der Waals surface area contributed by atoms with Gasteiger partial charge in [-0.25, -0.2) is 10.4 Å². The zero-order chi connectivity index (χ0) is 10.7. The summed E-state index contributed by atoms with van der Waals surface area (Å²) in [6, 6.07) is 5.60. The zero-order valence-corrected chi connectivity index (χ0v) is 8.87. The molecule has 15 heavy (non-hydrogen) atoms. The molecule has 78 valence electrons. The highest BCUT2D eigenvalue weighted by Gasteiger charge is 2.04. The molecule has 0 unspecified atom stereocenters. The number of aromatic nitrogens is 1. The molecule has 2 aromatic rings. The van der Waals surface area contributed by atoms with E-state index in [1.54, 1.807) is 0 Å². The van der Waals surface area contributed by atoms with Crippen molar-refractivity contribution in [1.82, 2.24) is 4.98 Å². The number of hydrogen-bond acceptors (Lipinski definition) is 5. The number of nitrogens with zero attached hydrogens (tertiary/aromatic N) is 2. The summed E-state index contributed by atoms with van der Waals surface area (Å²) in [7, 11) is 0. The summed E-state index contributed by atoms with van der Waals surface area (Å²) in [6.07, 6.45) is 0. The van der Waals surface area contributed by atoms with Gasteiger partial charge in [0.2, 0.25) is 5.13 Å². The second-order valence-corrected chi connectivity index (χ2v) is 3.82. The standard InChI is InChI=1S/C9H9N3O2S/c1-2-14-6-3-4-7-8(5-6)15-9(10-7)11-12-13/h3-5H,2H2,1H3,(H,10,11,13). The minimum Gasteiger partial charge on any atom is -0.494 e. The molecule has 0 saturated carbocycles. The first-order valence-electron chi connectivity index (χ1n) is 4.45. The van der Waals surface area contributed by atoms with Gasteiger partial charge in [-0.05, 0) is 25.1 Å². The number of ether oxygens (including phenoxy) is 1. The van der Waals surface area contributed by atoms with Crippen molar-refractivity contribution in [3.63, 3.8) is 0 Å². The fraction of sp³-hybridized carbons (Fsp3) is 0.222. The third kappa shape index (κ3) is 2.04. The van der Waals surface area contributed by atoms with Crippen LogP contribution in [0.4, 0.5) is 5.13 Å². The Morgan fingerprint density at radius 2 is 2.47 bits per heavy atom. The first-order valence-corrected chi connectivity index (χ1v) is 5.27. The van der Waals surface area contributed by atoms with Crippen molar-refractivity contribution in [3.05, 3.63) is 23.1 Å². The van der Waals surface area contributed by atoms with E-state index in [1.165, 1.54) is 11.3 Å². The Labute approximate surface area is 90.0 Å². The van der Waals surface area contributed by atoms with Crippen LogP contribution in [0.25, 0.3) is 10.2 Å². The van der Waals surface area contributed by atoms with Crippen LogP contribution in [0.3, 0.4) is 0 Å². The highest BCUT2D eigenvalue weighted by atomic mass is 32.1. The van der Waals surface area contributed by atoms with Gasteiger partial charge in [0.15, 0.2) is 0 Å². The summed E-state index contributed by atoms with van der Waals surface area (Å²) in [5.41, 5.74) is 3.11. The van der Waals surface area contributed by atoms with E-state index < -0.39 is 0 Å². The number of nitroso groups, excluding NO2 is 1. The monoisotopic (exact) mass is 223 g/mol. The van der Waals surface area contributed by atoms with Crippen LogP contribution in [0.15, 0.2) is 23.5 Å². The van der Waals surface area contributed by atoms with E-state index in [0.29, 0.717) is 11.7 Å². The summed E-state index contributed by atoms with van der Waals surface area (Å²) >= 11 is 1.37. The van der Waals surface area contributed by atoms with E-state index >= 15 is 0 Å². The quantitative estimate of drug-likeness (QED) is 0.639. The molecule has 1 heterocycles. The molecule has 0 fully saturated rings. The summed E-state index contributed by atoms with van der Waals surface area (Å²) in [4.78, 5) is 14.2. The van der Waals surface area contributed by atoms with Crippen LogP contribution >= 0.6 is 11.3 Å². The van der Waals surface area contributed by atoms with Gasteiger partial charge in [0.25, 0.3) is 0 Å². The Hall–Kier alpha value is -1.69. The maximum atomic E-state index is 10.0. The van der Waals surface area contributed by atoms with Crippen molar-refractivity contribution in [3.8, 4) is 5.75 Å². The van der Waals surface area contributed by atoms with Crippen molar-refractivity contribution in [1.29, 1.82) is 0 Å². The van der Waals surface area contributed by atoms with Gasteiger partial charge in [-0.3, -0.25) is 0 Å². The van der Waals surface area contributed by atoms with Crippen LogP contribution in [0.5, 0.6) is 5.75 Å². The fourth-order valence-corrected chi connectivity index (χ4v) is 2.08. The Bertz CT molecular complexity index is 483. The van der Waals surface area contributed by atoms with Gasteiger partial charge in [0.1, 0.15) is 5.75 Å². The molecule has 0 aliphatic carbocycles. The van der Waals surface area contributed by atoms with E-state index in [0.717, 1.165) is 16.0 Å². The fourth-order valence-electron chi connectivity index (χ4n) is 1.25. The lowest BCUT2D eigenvalue weighted by Crippen LogP contribution is -1.89. The van der Waals surface area contributed by atoms with Gasteiger partial charge in [-0.15, -0.1) is 4.91 Å². The van der Waals surface area contributed by atoms with Crippen molar-refractivity contribution < 1.29 is 4.74 Å². The summed E-state index contributed by atoms with van der Waals surface area (Å²) in [5.74, 6) is 0.805. The molecule has 5 nitrogen and oxygen atoms in total. The van der Waals surface area contributed by atoms with Crippen LogP contribution in [0.1, 0.15) is 6.92 Å². The van der Waals surface area contributed by atoms with Gasteiger partial charge in [0.05, 0.1) is 22.1 Å². The SMILES string of the molecule is CCOc1ccc2nc(NN=O)sc2c1. The van der Waals surface area contributed by atoms with Crippen LogP contribution < -0.4 is 10.2 Å². The highest BCUT2D eigenvalue weighted by molar-refractivity contribution is 7.22. The van der Waals surface area contributed by atoms with Crippen molar-refractivity contribution in [2.75, 3.05) is 12.0 Å². The van der Waals surface area contributed by atoms with Crippen LogP contribution in [0, 0.1) is 4.91 Å². The van der Waals surface area contributed by atoms with E-state index in [4.69, 9.17) is 4.74 Å². The maximum Gasteiger partial charge on any atom is 0.207 e. The van der Waals surface area contributed by atoms with E-state index in [9.17, 15) is 4.91 Å². The number of fused-ring (bicyclic) bond motifs is 1. The van der Waals surface area contributed by atoms with E-state index in [2.05, 4.69) is 15.7 Å². The van der Waals surface area contributed by atoms with E-state index in [-0.39, 0.29) is 0 Å².